The van der Waals surface area contributed by atoms with E-state index in [0.717, 1.165) is 12.8 Å². The van der Waals surface area contributed by atoms with E-state index in [0.29, 0.717) is 0 Å². The summed E-state index contributed by atoms with van der Waals surface area (Å²) in [5.41, 5.74) is 7.78. The minimum Gasteiger partial charge on any atom is -0.319 e. The van der Waals surface area contributed by atoms with Crippen LogP contribution in [0.1, 0.15) is 41.3 Å². The number of hydrogen-bond donors (Lipinski definition) is 1. The van der Waals surface area contributed by atoms with Crippen molar-refractivity contribution in [2.24, 2.45) is 5.73 Å². The van der Waals surface area contributed by atoms with Gasteiger partial charge < -0.3 is 5.73 Å². The number of fused-ring (bicyclic) bond motifs is 1. The van der Waals surface area contributed by atoms with Crippen molar-refractivity contribution in [3.8, 4) is 0 Å². The van der Waals surface area contributed by atoms with Crippen LogP contribution in [0.15, 0.2) is 0 Å². The van der Waals surface area contributed by atoms with Crippen LogP contribution in [0.4, 0.5) is 0 Å². The molecule has 0 bridgehead atoms. The first-order valence-corrected chi connectivity index (χ1v) is 8.11. The summed E-state index contributed by atoms with van der Waals surface area (Å²) in [6, 6.07) is 0. The van der Waals surface area contributed by atoms with Crippen molar-refractivity contribution < 1.29 is 0 Å². The van der Waals surface area contributed by atoms with E-state index in [1.807, 2.05) is 23.1 Å². The molecule has 2 heterocycles. The van der Waals surface area contributed by atoms with Crippen molar-refractivity contribution >= 4 is 23.1 Å². The van der Waals surface area contributed by atoms with Crippen LogP contribution in [0.25, 0.3) is 0 Å². The van der Waals surface area contributed by atoms with Crippen molar-refractivity contribution in [3.63, 3.8) is 0 Å². The summed E-state index contributed by atoms with van der Waals surface area (Å²) >= 11 is 3.92. The predicted octanol–water partition coefficient (Wildman–Crippen LogP) is 2.70. The van der Waals surface area contributed by atoms with Gasteiger partial charge in [-0.1, -0.05) is 0 Å². The molecule has 3 rings (SSSR count). The molecule has 1 fully saturated rings. The first-order valence-electron chi connectivity index (χ1n) is 6.14. The molecule has 1 aromatic rings. The van der Waals surface area contributed by atoms with Crippen LogP contribution in [0, 0.1) is 0 Å². The van der Waals surface area contributed by atoms with Crippen LogP contribution < -0.4 is 5.73 Å². The second kappa shape index (κ2) is 4.31. The smallest absolute Gasteiger partial charge is 0.113 e. The molecular weight excluding hydrogens is 236 g/mol. The molecule has 1 aromatic heterocycles. The molecule has 88 valence electrons. The van der Waals surface area contributed by atoms with E-state index in [2.05, 4.69) is 0 Å². The Morgan fingerprint density at radius 1 is 1.12 bits per heavy atom. The summed E-state index contributed by atoms with van der Waals surface area (Å²) in [6.45, 7) is 0. The monoisotopic (exact) mass is 254 g/mol. The normalized spacial score (nSPS) is 24.1. The van der Waals surface area contributed by atoms with Crippen LogP contribution in [0.5, 0.6) is 0 Å². The second-order valence-corrected chi connectivity index (χ2v) is 7.17. The second-order valence-electron chi connectivity index (χ2n) is 4.86. The maximum Gasteiger partial charge on any atom is 0.113 e. The van der Waals surface area contributed by atoms with Crippen LogP contribution in [0.2, 0.25) is 0 Å². The minimum atomic E-state index is -0.104. The van der Waals surface area contributed by atoms with Gasteiger partial charge in [0.05, 0.1) is 11.2 Å². The lowest BCUT2D eigenvalue weighted by molar-refractivity contribution is 0.407. The van der Waals surface area contributed by atoms with E-state index in [4.69, 9.17) is 10.7 Å². The lowest BCUT2D eigenvalue weighted by Gasteiger charge is -2.30. The average Bonchev–Trinajstić information content (AvgIpc) is 2.74. The zero-order valence-electron chi connectivity index (χ0n) is 9.50. The number of aryl methyl sites for hydroxylation is 2. The molecule has 0 aromatic carbocycles. The molecule has 4 heteroatoms. The molecule has 1 saturated heterocycles. The summed E-state index contributed by atoms with van der Waals surface area (Å²) in [5.74, 6) is 2.39. The molecule has 0 amide bonds. The fraction of sp³-hybridized carbons (Fsp3) is 0.750. The largest absolute Gasteiger partial charge is 0.319 e. The molecule has 1 aliphatic heterocycles. The number of aromatic nitrogens is 1. The molecule has 1 aliphatic carbocycles. The number of nitrogens with zero attached hydrogens (tertiary/aromatic N) is 1. The van der Waals surface area contributed by atoms with Gasteiger partial charge in [0.25, 0.3) is 0 Å². The van der Waals surface area contributed by atoms with E-state index in [-0.39, 0.29) is 5.54 Å². The maximum atomic E-state index is 6.53. The van der Waals surface area contributed by atoms with E-state index in [1.54, 1.807) is 0 Å². The third-order valence-corrected chi connectivity index (χ3v) is 6.02. The summed E-state index contributed by atoms with van der Waals surface area (Å²) in [6.07, 6.45) is 7.26. The first kappa shape index (κ1) is 11.1. The predicted molar refractivity (Wildman–Crippen MR) is 71.2 cm³/mol. The topological polar surface area (TPSA) is 38.9 Å². The van der Waals surface area contributed by atoms with Gasteiger partial charge >= 0.3 is 0 Å². The van der Waals surface area contributed by atoms with Crippen LogP contribution in [0.3, 0.4) is 0 Å². The molecule has 0 saturated carbocycles. The van der Waals surface area contributed by atoms with Crippen molar-refractivity contribution in [1.29, 1.82) is 0 Å². The van der Waals surface area contributed by atoms with Gasteiger partial charge in [0.1, 0.15) is 5.01 Å². The Kier molecular flexibility index (Phi) is 2.98. The van der Waals surface area contributed by atoms with Gasteiger partial charge in [0.15, 0.2) is 0 Å². The van der Waals surface area contributed by atoms with Crippen molar-refractivity contribution in [1.82, 2.24) is 4.98 Å². The lowest BCUT2D eigenvalue weighted by Crippen LogP contribution is -2.40. The molecule has 2 aliphatic rings. The first-order chi connectivity index (χ1) is 7.78. The SMILES string of the molecule is NC1(c2nc3c(s2)CCCC3)CCSCC1. The quantitative estimate of drug-likeness (QED) is 0.837. The van der Waals surface area contributed by atoms with Gasteiger partial charge in [-0.05, 0) is 50.0 Å². The third-order valence-electron chi connectivity index (χ3n) is 3.66. The summed E-state index contributed by atoms with van der Waals surface area (Å²) < 4.78 is 0. The van der Waals surface area contributed by atoms with Crippen LogP contribution >= 0.6 is 23.1 Å². The summed E-state index contributed by atoms with van der Waals surface area (Å²) in [5, 5.41) is 1.22. The van der Waals surface area contributed by atoms with Crippen LogP contribution in [-0.2, 0) is 18.4 Å². The Bertz CT molecular complexity index is 357. The van der Waals surface area contributed by atoms with E-state index in [9.17, 15) is 0 Å². The Morgan fingerprint density at radius 2 is 1.88 bits per heavy atom. The highest BCUT2D eigenvalue weighted by Gasteiger charge is 2.34. The highest BCUT2D eigenvalue weighted by Crippen LogP contribution is 2.38. The number of thioether (sulfide) groups is 1. The fourth-order valence-electron chi connectivity index (χ4n) is 2.51. The Morgan fingerprint density at radius 3 is 2.62 bits per heavy atom. The summed E-state index contributed by atoms with van der Waals surface area (Å²) in [7, 11) is 0. The van der Waals surface area contributed by atoms with Crippen molar-refractivity contribution in [2.75, 3.05) is 11.5 Å². The van der Waals surface area contributed by atoms with E-state index in [1.165, 1.54) is 52.8 Å². The van der Waals surface area contributed by atoms with Gasteiger partial charge in [0, 0.05) is 4.88 Å². The minimum absolute atomic E-state index is 0.104. The number of hydrogen-bond acceptors (Lipinski definition) is 4. The highest BCUT2D eigenvalue weighted by molar-refractivity contribution is 7.99. The Labute approximate surface area is 105 Å². The molecule has 2 nitrogen and oxygen atoms in total. The molecule has 0 unspecified atom stereocenters. The molecule has 0 spiro atoms. The lowest BCUT2D eigenvalue weighted by atomic mass is 9.94. The van der Waals surface area contributed by atoms with Gasteiger partial charge in [-0.2, -0.15) is 11.8 Å². The standard InChI is InChI=1S/C12H18N2S2/c13-12(5-7-15-8-6-12)11-14-9-3-1-2-4-10(9)16-11/h1-8,13H2. The molecule has 0 radical (unpaired) electrons. The zero-order chi connectivity index (χ0) is 11.0. The van der Waals surface area contributed by atoms with Gasteiger partial charge in [0.2, 0.25) is 0 Å². The van der Waals surface area contributed by atoms with Gasteiger partial charge in [-0.25, -0.2) is 4.98 Å². The van der Waals surface area contributed by atoms with E-state index < -0.39 is 0 Å². The van der Waals surface area contributed by atoms with Gasteiger partial charge in [-0.3, -0.25) is 0 Å². The molecular formula is C12H18N2S2. The highest BCUT2D eigenvalue weighted by atomic mass is 32.2. The number of rotatable bonds is 1. The fourth-order valence-corrected chi connectivity index (χ4v) is 5.04. The summed E-state index contributed by atoms with van der Waals surface area (Å²) in [4.78, 5) is 6.35. The van der Waals surface area contributed by atoms with Gasteiger partial charge in [-0.15, -0.1) is 11.3 Å². The zero-order valence-corrected chi connectivity index (χ0v) is 11.1. The van der Waals surface area contributed by atoms with Crippen molar-refractivity contribution in [3.05, 3.63) is 15.6 Å². The van der Waals surface area contributed by atoms with Crippen LogP contribution in [-0.4, -0.2) is 16.5 Å². The Hall–Kier alpha value is -0.0600. The molecule has 0 atom stereocenters. The van der Waals surface area contributed by atoms with Crippen molar-refractivity contribution in [2.45, 2.75) is 44.1 Å². The van der Waals surface area contributed by atoms with E-state index >= 15 is 0 Å². The number of nitrogens with two attached hydrogens (primary N) is 1. The number of thiazole rings is 1. The third kappa shape index (κ3) is 1.91. The maximum absolute atomic E-state index is 6.53. The Balaban J connectivity index is 1.90. The molecule has 16 heavy (non-hydrogen) atoms. The average molecular weight is 254 g/mol. The molecule has 2 N–H and O–H groups in total.